The summed E-state index contributed by atoms with van der Waals surface area (Å²) in [5, 5.41) is 11.4. The van der Waals surface area contributed by atoms with Crippen molar-refractivity contribution in [1.29, 1.82) is 0 Å². The van der Waals surface area contributed by atoms with Crippen LogP contribution in [0.2, 0.25) is 0 Å². The van der Waals surface area contributed by atoms with Crippen LogP contribution in [0, 0.1) is 11.6 Å². The molecule has 5 heteroatoms. The standard InChI is InChI=1S/C10H11F2NO2/c1-10(2,15)9(14)13-8-4-3-6(11)5-7(8)12/h3-5,15H,1-2H3,(H,13,14). The Kier molecular flexibility index (Phi) is 3.04. The molecule has 1 aromatic rings. The Hall–Kier alpha value is -1.49. The molecule has 3 nitrogen and oxygen atoms in total. The summed E-state index contributed by atoms with van der Waals surface area (Å²) >= 11 is 0. The minimum atomic E-state index is -1.61. The second-order valence-corrected chi connectivity index (χ2v) is 3.64. The van der Waals surface area contributed by atoms with E-state index < -0.39 is 23.1 Å². The van der Waals surface area contributed by atoms with Gasteiger partial charge in [0.1, 0.15) is 17.2 Å². The topological polar surface area (TPSA) is 49.3 Å². The molecule has 0 fully saturated rings. The summed E-state index contributed by atoms with van der Waals surface area (Å²) in [4.78, 5) is 11.2. The first-order valence-electron chi connectivity index (χ1n) is 4.29. The van der Waals surface area contributed by atoms with Gasteiger partial charge in [-0.3, -0.25) is 4.79 Å². The molecule has 0 heterocycles. The Morgan fingerprint density at radius 3 is 2.47 bits per heavy atom. The zero-order chi connectivity index (χ0) is 11.6. The number of nitrogens with one attached hydrogen (secondary N) is 1. The molecule has 0 unspecified atom stereocenters. The highest BCUT2D eigenvalue weighted by Gasteiger charge is 2.24. The van der Waals surface area contributed by atoms with Gasteiger partial charge < -0.3 is 10.4 Å². The molecule has 0 radical (unpaired) electrons. The van der Waals surface area contributed by atoms with Gasteiger partial charge in [-0.1, -0.05) is 0 Å². The van der Waals surface area contributed by atoms with E-state index in [4.69, 9.17) is 0 Å². The Balaban J connectivity index is 2.87. The quantitative estimate of drug-likeness (QED) is 0.788. The smallest absolute Gasteiger partial charge is 0.255 e. The van der Waals surface area contributed by atoms with Gasteiger partial charge in [-0.2, -0.15) is 0 Å². The lowest BCUT2D eigenvalue weighted by Crippen LogP contribution is -2.36. The van der Waals surface area contributed by atoms with E-state index in [0.29, 0.717) is 6.07 Å². The highest BCUT2D eigenvalue weighted by molar-refractivity contribution is 5.96. The van der Waals surface area contributed by atoms with Crippen LogP contribution in [0.1, 0.15) is 13.8 Å². The van der Waals surface area contributed by atoms with Crippen LogP contribution in [0.3, 0.4) is 0 Å². The van der Waals surface area contributed by atoms with E-state index in [-0.39, 0.29) is 5.69 Å². The molecule has 0 aliphatic carbocycles. The van der Waals surface area contributed by atoms with Crippen molar-refractivity contribution in [3.63, 3.8) is 0 Å². The second-order valence-electron chi connectivity index (χ2n) is 3.64. The third-order valence-corrected chi connectivity index (χ3v) is 1.74. The van der Waals surface area contributed by atoms with E-state index in [9.17, 15) is 18.7 Å². The molecule has 82 valence electrons. The third kappa shape index (κ3) is 2.99. The predicted octanol–water partition coefficient (Wildman–Crippen LogP) is 1.67. The van der Waals surface area contributed by atoms with Gasteiger partial charge in [0.2, 0.25) is 0 Å². The number of rotatable bonds is 2. The molecule has 0 spiro atoms. The minimum Gasteiger partial charge on any atom is -0.381 e. The fourth-order valence-corrected chi connectivity index (χ4v) is 0.866. The van der Waals surface area contributed by atoms with Crippen molar-refractivity contribution in [3.8, 4) is 0 Å². The molecule has 2 N–H and O–H groups in total. The molecular weight excluding hydrogens is 204 g/mol. The normalized spacial score (nSPS) is 11.3. The molecule has 1 aromatic carbocycles. The maximum Gasteiger partial charge on any atom is 0.255 e. The summed E-state index contributed by atoms with van der Waals surface area (Å²) in [5.41, 5.74) is -1.77. The lowest BCUT2D eigenvalue weighted by atomic mass is 10.1. The summed E-state index contributed by atoms with van der Waals surface area (Å²) < 4.78 is 25.6. The van der Waals surface area contributed by atoms with Crippen LogP contribution in [0.15, 0.2) is 18.2 Å². The fraction of sp³-hybridized carbons (Fsp3) is 0.300. The lowest BCUT2D eigenvalue weighted by molar-refractivity contribution is -0.130. The van der Waals surface area contributed by atoms with Crippen LogP contribution in [0.5, 0.6) is 0 Å². The van der Waals surface area contributed by atoms with Crippen LogP contribution in [-0.2, 0) is 4.79 Å². The molecule has 0 aliphatic heterocycles. The first-order valence-corrected chi connectivity index (χ1v) is 4.29. The highest BCUT2D eigenvalue weighted by atomic mass is 19.1. The SMILES string of the molecule is CC(C)(O)C(=O)Nc1ccc(F)cc1F. The largest absolute Gasteiger partial charge is 0.381 e. The monoisotopic (exact) mass is 215 g/mol. The first-order chi connectivity index (χ1) is 6.80. The lowest BCUT2D eigenvalue weighted by Gasteiger charge is -2.16. The zero-order valence-corrected chi connectivity index (χ0v) is 8.34. The number of benzene rings is 1. The van der Waals surface area contributed by atoms with Crippen molar-refractivity contribution in [1.82, 2.24) is 0 Å². The van der Waals surface area contributed by atoms with Gasteiger partial charge in [-0.25, -0.2) is 8.78 Å². The van der Waals surface area contributed by atoms with E-state index in [1.54, 1.807) is 0 Å². The molecule has 0 atom stereocenters. The first kappa shape index (κ1) is 11.6. The number of hydrogen-bond acceptors (Lipinski definition) is 2. The van der Waals surface area contributed by atoms with Crippen LogP contribution >= 0.6 is 0 Å². The van der Waals surface area contributed by atoms with Crippen LogP contribution in [0.4, 0.5) is 14.5 Å². The number of halogens is 2. The maximum absolute atomic E-state index is 13.1. The number of amides is 1. The van der Waals surface area contributed by atoms with Crippen molar-refractivity contribution < 1.29 is 18.7 Å². The van der Waals surface area contributed by atoms with E-state index >= 15 is 0 Å². The average molecular weight is 215 g/mol. The Labute approximate surface area is 85.7 Å². The number of hydrogen-bond donors (Lipinski definition) is 2. The van der Waals surface area contributed by atoms with E-state index in [0.717, 1.165) is 12.1 Å². The molecule has 0 bridgehead atoms. The van der Waals surface area contributed by atoms with Crippen molar-refractivity contribution in [2.24, 2.45) is 0 Å². The Morgan fingerprint density at radius 2 is 2.00 bits per heavy atom. The van der Waals surface area contributed by atoms with E-state index in [2.05, 4.69) is 5.32 Å². The number of anilines is 1. The third-order valence-electron chi connectivity index (χ3n) is 1.74. The molecular formula is C10H11F2NO2. The predicted molar refractivity (Wildman–Crippen MR) is 51.3 cm³/mol. The summed E-state index contributed by atoms with van der Waals surface area (Å²) in [6.07, 6.45) is 0. The van der Waals surface area contributed by atoms with Crippen LogP contribution < -0.4 is 5.32 Å². The van der Waals surface area contributed by atoms with Gasteiger partial charge in [-0.05, 0) is 26.0 Å². The summed E-state index contributed by atoms with van der Waals surface area (Å²) in [6, 6.07) is 2.76. The van der Waals surface area contributed by atoms with Crippen molar-refractivity contribution in [3.05, 3.63) is 29.8 Å². The van der Waals surface area contributed by atoms with Gasteiger partial charge in [0.15, 0.2) is 0 Å². The number of carbonyl (C=O) groups is 1. The van der Waals surface area contributed by atoms with Gasteiger partial charge in [0, 0.05) is 6.07 Å². The summed E-state index contributed by atoms with van der Waals surface area (Å²) in [5.74, 6) is -2.37. The van der Waals surface area contributed by atoms with Crippen molar-refractivity contribution in [2.75, 3.05) is 5.32 Å². The number of carbonyl (C=O) groups excluding carboxylic acids is 1. The zero-order valence-electron chi connectivity index (χ0n) is 8.34. The molecule has 0 saturated carbocycles. The Bertz CT molecular complexity index is 385. The van der Waals surface area contributed by atoms with Gasteiger partial charge in [0.05, 0.1) is 5.69 Å². The average Bonchev–Trinajstić information content (AvgIpc) is 2.08. The van der Waals surface area contributed by atoms with Gasteiger partial charge >= 0.3 is 0 Å². The molecule has 15 heavy (non-hydrogen) atoms. The fourth-order valence-electron chi connectivity index (χ4n) is 0.866. The second kappa shape index (κ2) is 3.94. The molecule has 1 amide bonds. The number of aliphatic hydroxyl groups is 1. The Morgan fingerprint density at radius 1 is 1.40 bits per heavy atom. The molecule has 0 aliphatic rings. The van der Waals surface area contributed by atoms with Crippen LogP contribution in [0.25, 0.3) is 0 Å². The van der Waals surface area contributed by atoms with Crippen molar-refractivity contribution in [2.45, 2.75) is 19.4 Å². The summed E-state index contributed by atoms with van der Waals surface area (Å²) in [6.45, 7) is 2.54. The van der Waals surface area contributed by atoms with Crippen LogP contribution in [-0.4, -0.2) is 16.6 Å². The highest BCUT2D eigenvalue weighted by Crippen LogP contribution is 2.16. The van der Waals surface area contributed by atoms with E-state index in [1.807, 2.05) is 0 Å². The van der Waals surface area contributed by atoms with Gasteiger partial charge in [0.25, 0.3) is 5.91 Å². The molecule has 0 saturated heterocycles. The minimum absolute atomic E-state index is 0.163. The summed E-state index contributed by atoms with van der Waals surface area (Å²) in [7, 11) is 0. The maximum atomic E-state index is 13.1. The molecule has 0 aromatic heterocycles. The van der Waals surface area contributed by atoms with E-state index in [1.165, 1.54) is 13.8 Å². The van der Waals surface area contributed by atoms with Crippen molar-refractivity contribution >= 4 is 11.6 Å². The van der Waals surface area contributed by atoms with Gasteiger partial charge in [-0.15, -0.1) is 0 Å². The molecule has 1 rings (SSSR count).